The van der Waals surface area contributed by atoms with Crippen LogP contribution in [0.3, 0.4) is 0 Å². The summed E-state index contributed by atoms with van der Waals surface area (Å²) < 4.78 is 0. The Balaban J connectivity index is 1.91. The van der Waals surface area contributed by atoms with E-state index in [0.717, 1.165) is 31.7 Å². The van der Waals surface area contributed by atoms with E-state index >= 15 is 0 Å². The van der Waals surface area contributed by atoms with E-state index in [9.17, 15) is 9.59 Å². The van der Waals surface area contributed by atoms with Crippen molar-refractivity contribution < 1.29 is 9.59 Å². The molecule has 1 unspecified atom stereocenters. The molecule has 1 atom stereocenters. The standard InChI is InChI=1S/C11H18N2O2S/c14-10-8-16-7-9(12-10)11(15)13-5-3-1-2-4-6-13/h9H,1-8H2,(H,12,14). The summed E-state index contributed by atoms with van der Waals surface area (Å²) in [5.74, 6) is 1.32. The Morgan fingerprint density at radius 1 is 1.25 bits per heavy atom. The van der Waals surface area contributed by atoms with Crippen molar-refractivity contribution in [3.8, 4) is 0 Å². The van der Waals surface area contributed by atoms with Crippen molar-refractivity contribution in [2.75, 3.05) is 24.6 Å². The molecule has 0 bridgehead atoms. The van der Waals surface area contributed by atoms with Crippen LogP contribution in [0.4, 0.5) is 0 Å². The molecule has 2 aliphatic rings. The lowest BCUT2D eigenvalue weighted by Crippen LogP contribution is -2.52. The predicted molar refractivity (Wildman–Crippen MR) is 64.3 cm³/mol. The lowest BCUT2D eigenvalue weighted by Gasteiger charge is -2.28. The van der Waals surface area contributed by atoms with Crippen molar-refractivity contribution in [2.24, 2.45) is 0 Å². The first-order chi connectivity index (χ1) is 7.77. The SMILES string of the molecule is O=C1CSCC(C(=O)N2CCCCCC2)N1. The molecule has 0 aromatic rings. The number of nitrogens with zero attached hydrogens (tertiary/aromatic N) is 1. The van der Waals surface area contributed by atoms with Gasteiger partial charge in [0, 0.05) is 18.8 Å². The number of hydrogen-bond donors (Lipinski definition) is 1. The highest BCUT2D eigenvalue weighted by Crippen LogP contribution is 2.14. The first-order valence-corrected chi connectivity index (χ1v) is 7.09. The molecule has 16 heavy (non-hydrogen) atoms. The first kappa shape index (κ1) is 11.8. The number of nitrogens with one attached hydrogen (secondary N) is 1. The second-order valence-corrected chi connectivity index (χ2v) is 5.40. The molecule has 0 aliphatic carbocycles. The Kier molecular flexibility index (Phi) is 4.09. The van der Waals surface area contributed by atoms with Crippen LogP contribution in [-0.2, 0) is 9.59 Å². The van der Waals surface area contributed by atoms with Crippen molar-refractivity contribution in [3.05, 3.63) is 0 Å². The Hall–Kier alpha value is -0.710. The molecule has 2 rings (SSSR count). The third-order valence-electron chi connectivity index (χ3n) is 3.07. The summed E-state index contributed by atoms with van der Waals surface area (Å²) in [6, 6.07) is -0.288. The lowest BCUT2D eigenvalue weighted by molar-refractivity contribution is -0.135. The summed E-state index contributed by atoms with van der Waals surface area (Å²) in [6.07, 6.45) is 4.63. The van der Waals surface area contributed by atoms with Gasteiger partial charge in [0.1, 0.15) is 6.04 Å². The van der Waals surface area contributed by atoms with Crippen LogP contribution in [0.1, 0.15) is 25.7 Å². The fourth-order valence-electron chi connectivity index (χ4n) is 2.19. The molecule has 2 fully saturated rings. The van der Waals surface area contributed by atoms with Crippen molar-refractivity contribution in [3.63, 3.8) is 0 Å². The maximum absolute atomic E-state index is 12.1. The summed E-state index contributed by atoms with van der Waals surface area (Å²) >= 11 is 1.55. The van der Waals surface area contributed by atoms with Gasteiger partial charge in [-0.1, -0.05) is 12.8 Å². The number of thioether (sulfide) groups is 1. The van der Waals surface area contributed by atoms with E-state index in [1.165, 1.54) is 12.8 Å². The Labute approximate surface area is 100 Å². The molecule has 2 saturated heterocycles. The third kappa shape index (κ3) is 2.90. The topological polar surface area (TPSA) is 49.4 Å². The summed E-state index contributed by atoms with van der Waals surface area (Å²) in [6.45, 7) is 1.71. The fraction of sp³-hybridized carbons (Fsp3) is 0.818. The van der Waals surface area contributed by atoms with Crippen LogP contribution in [-0.4, -0.2) is 47.4 Å². The molecule has 0 aromatic heterocycles. The molecular formula is C11H18N2O2S. The quantitative estimate of drug-likeness (QED) is 0.733. The zero-order valence-electron chi connectivity index (χ0n) is 9.41. The maximum atomic E-state index is 12.1. The minimum absolute atomic E-state index is 0.00979. The molecule has 90 valence electrons. The number of amides is 2. The zero-order chi connectivity index (χ0) is 11.4. The Bertz CT molecular complexity index is 275. The van der Waals surface area contributed by atoms with Gasteiger partial charge in [-0.3, -0.25) is 9.59 Å². The molecule has 1 N–H and O–H groups in total. The summed E-state index contributed by atoms with van der Waals surface area (Å²) in [5, 5.41) is 2.78. The van der Waals surface area contributed by atoms with E-state index in [1.54, 1.807) is 11.8 Å². The van der Waals surface area contributed by atoms with E-state index in [4.69, 9.17) is 0 Å². The van der Waals surface area contributed by atoms with E-state index < -0.39 is 0 Å². The van der Waals surface area contributed by atoms with Crippen LogP contribution in [0, 0.1) is 0 Å². The van der Waals surface area contributed by atoms with Crippen LogP contribution < -0.4 is 5.32 Å². The minimum Gasteiger partial charge on any atom is -0.343 e. The predicted octanol–water partition coefficient (Wildman–Crippen LogP) is 0.621. The van der Waals surface area contributed by atoms with Crippen LogP contribution in [0.2, 0.25) is 0 Å². The summed E-state index contributed by atoms with van der Waals surface area (Å²) in [4.78, 5) is 25.3. The van der Waals surface area contributed by atoms with Crippen molar-refractivity contribution >= 4 is 23.6 Å². The van der Waals surface area contributed by atoms with Crippen molar-refractivity contribution in [2.45, 2.75) is 31.7 Å². The van der Waals surface area contributed by atoms with E-state index in [1.807, 2.05) is 4.90 Å². The number of hydrogen-bond acceptors (Lipinski definition) is 3. The van der Waals surface area contributed by atoms with Gasteiger partial charge in [-0.15, -0.1) is 11.8 Å². The highest BCUT2D eigenvalue weighted by atomic mass is 32.2. The second-order valence-electron chi connectivity index (χ2n) is 4.37. The smallest absolute Gasteiger partial charge is 0.246 e. The lowest BCUT2D eigenvalue weighted by atomic mass is 10.2. The normalized spacial score (nSPS) is 27.1. The van der Waals surface area contributed by atoms with E-state index in [-0.39, 0.29) is 17.9 Å². The van der Waals surface area contributed by atoms with Crippen LogP contribution in [0.15, 0.2) is 0 Å². The minimum atomic E-state index is -0.288. The molecule has 2 heterocycles. The van der Waals surface area contributed by atoms with Gasteiger partial charge in [-0.05, 0) is 12.8 Å². The van der Waals surface area contributed by atoms with E-state index in [0.29, 0.717) is 5.75 Å². The summed E-state index contributed by atoms with van der Waals surface area (Å²) in [5.41, 5.74) is 0. The molecule has 2 aliphatic heterocycles. The first-order valence-electron chi connectivity index (χ1n) is 5.93. The summed E-state index contributed by atoms with van der Waals surface area (Å²) in [7, 11) is 0. The molecule has 5 heteroatoms. The molecular weight excluding hydrogens is 224 g/mol. The van der Waals surface area contributed by atoms with Gasteiger partial charge in [0.25, 0.3) is 0 Å². The zero-order valence-corrected chi connectivity index (χ0v) is 10.2. The van der Waals surface area contributed by atoms with Gasteiger partial charge in [-0.25, -0.2) is 0 Å². The molecule has 4 nitrogen and oxygen atoms in total. The van der Waals surface area contributed by atoms with Crippen LogP contribution >= 0.6 is 11.8 Å². The van der Waals surface area contributed by atoms with Gasteiger partial charge in [0.05, 0.1) is 5.75 Å². The van der Waals surface area contributed by atoms with Crippen LogP contribution in [0.5, 0.6) is 0 Å². The maximum Gasteiger partial charge on any atom is 0.246 e. The van der Waals surface area contributed by atoms with Gasteiger partial charge in [-0.2, -0.15) is 0 Å². The van der Waals surface area contributed by atoms with Gasteiger partial charge in [0.2, 0.25) is 11.8 Å². The van der Waals surface area contributed by atoms with Crippen molar-refractivity contribution in [1.29, 1.82) is 0 Å². The van der Waals surface area contributed by atoms with Crippen molar-refractivity contribution in [1.82, 2.24) is 10.2 Å². The van der Waals surface area contributed by atoms with E-state index in [2.05, 4.69) is 5.32 Å². The Morgan fingerprint density at radius 3 is 2.56 bits per heavy atom. The molecule has 2 amide bonds. The number of likely N-dealkylation sites (tertiary alicyclic amines) is 1. The highest BCUT2D eigenvalue weighted by molar-refractivity contribution is 8.00. The average molecular weight is 242 g/mol. The molecule has 0 radical (unpaired) electrons. The van der Waals surface area contributed by atoms with Gasteiger partial charge >= 0.3 is 0 Å². The molecule has 0 aromatic carbocycles. The monoisotopic (exact) mass is 242 g/mol. The number of rotatable bonds is 1. The average Bonchev–Trinajstić information content (AvgIpc) is 2.56. The molecule has 0 spiro atoms. The molecule has 0 saturated carbocycles. The van der Waals surface area contributed by atoms with Gasteiger partial charge < -0.3 is 10.2 Å². The third-order valence-corrected chi connectivity index (χ3v) is 4.10. The second kappa shape index (κ2) is 5.57. The number of carbonyl (C=O) groups excluding carboxylic acids is 2. The van der Waals surface area contributed by atoms with Gasteiger partial charge in [0.15, 0.2) is 0 Å². The Morgan fingerprint density at radius 2 is 1.94 bits per heavy atom. The largest absolute Gasteiger partial charge is 0.343 e. The fourth-order valence-corrected chi connectivity index (χ4v) is 3.04. The number of carbonyl (C=O) groups is 2. The highest BCUT2D eigenvalue weighted by Gasteiger charge is 2.28. The van der Waals surface area contributed by atoms with Crippen LogP contribution in [0.25, 0.3) is 0 Å².